The van der Waals surface area contributed by atoms with E-state index in [0.29, 0.717) is 26.2 Å². The molecule has 1 unspecified atom stereocenters. The Bertz CT molecular complexity index is 1380. The number of piperazine rings is 1. The maximum Gasteiger partial charge on any atom is 0.238 e. The van der Waals surface area contributed by atoms with E-state index in [-0.39, 0.29) is 51.3 Å². The summed E-state index contributed by atoms with van der Waals surface area (Å²) >= 11 is 12.4. The van der Waals surface area contributed by atoms with Crippen molar-refractivity contribution >= 4 is 40.7 Å². The van der Waals surface area contributed by atoms with Gasteiger partial charge in [-0.15, -0.1) is 0 Å². The van der Waals surface area contributed by atoms with Crippen molar-refractivity contribution < 1.29 is 18.4 Å². The molecule has 1 atom stereocenters. The van der Waals surface area contributed by atoms with Crippen molar-refractivity contribution in [1.29, 1.82) is 5.26 Å². The van der Waals surface area contributed by atoms with Gasteiger partial charge in [0.15, 0.2) is 0 Å². The minimum Gasteiger partial charge on any atom is -0.368 e. The van der Waals surface area contributed by atoms with E-state index in [4.69, 9.17) is 34.2 Å². The number of unbranched alkanes of at least 4 members (excludes halogenated alkanes) is 1. The first-order valence-electron chi connectivity index (χ1n) is 13.6. The van der Waals surface area contributed by atoms with Gasteiger partial charge in [-0.2, -0.15) is 5.26 Å². The average molecular weight is 615 g/mol. The largest absolute Gasteiger partial charge is 0.368 e. The maximum atomic E-state index is 13.5. The molecule has 7 nitrogen and oxygen atoms in total. The number of hydrogen-bond acceptors (Lipinski definition) is 5. The fraction of sp³-hybridized carbons (Fsp3) is 0.323. The van der Waals surface area contributed by atoms with E-state index in [2.05, 4.69) is 5.32 Å². The van der Waals surface area contributed by atoms with E-state index >= 15 is 0 Å². The molecule has 1 aliphatic rings. The molecular weight excluding hydrogens is 583 g/mol. The molecule has 0 saturated carbocycles. The summed E-state index contributed by atoms with van der Waals surface area (Å²) in [7, 11) is 0. The summed E-state index contributed by atoms with van der Waals surface area (Å²) < 4.78 is 27.1. The van der Waals surface area contributed by atoms with Gasteiger partial charge in [-0.25, -0.2) is 8.78 Å². The van der Waals surface area contributed by atoms with Crippen molar-refractivity contribution in [3.63, 3.8) is 0 Å². The molecule has 0 aliphatic carbocycles. The number of rotatable bonds is 11. The van der Waals surface area contributed by atoms with Crippen molar-refractivity contribution in [3.05, 3.63) is 99.0 Å². The van der Waals surface area contributed by atoms with Crippen LogP contribution in [0.15, 0.2) is 60.7 Å². The minimum atomic E-state index is -0.557. The topological polar surface area (TPSA) is 102 Å². The molecule has 11 heteroatoms. The minimum absolute atomic E-state index is 0.0152. The first-order valence-corrected chi connectivity index (χ1v) is 14.4. The lowest BCUT2D eigenvalue weighted by Crippen LogP contribution is -2.59. The fourth-order valence-corrected chi connectivity index (χ4v) is 5.86. The zero-order valence-electron chi connectivity index (χ0n) is 22.8. The van der Waals surface area contributed by atoms with Gasteiger partial charge in [0.05, 0.1) is 33.9 Å². The van der Waals surface area contributed by atoms with Crippen LogP contribution in [-0.2, 0) is 9.59 Å². The lowest BCUT2D eigenvalue weighted by Gasteiger charge is -2.39. The van der Waals surface area contributed by atoms with Gasteiger partial charge in [-0.3, -0.25) is 19.4 Å². The summed E-state index contributed by atoms with van der Waals surface area (Å²) in [6.45, 7) is 2.06. The number of hydrogen-bond donors (Lipinski definition) is 2. The quantitative estimate of drug-likeness (QED) is 0.276. The fourth-order valence-electron chi connectivity index (χ4n) is 5.28. The number of nitriles is 1. The van der Waals surface area contributed by atoms with Crippen molar-refractivity contribution in [2.45, 2.75) is 31.2 Å². The summed E-state index contributed by atoms with van der Waals surface area (Å²) in [4.78, 5) is 29.0. The molecule has 1 aliphatic heterocycles. The molecule has 3 aromatic carbocycles. The number of benzene rings is 3. The molecule has 0 bridgehead atoms. The predicted molar refractivity (Wildman–Crippen MR) is 159 cm³/mol. The Morgan fingerprint density at radius 1 is 0.976 bits per heavy atom. The highest BCUT2D eigenvalue weighted by molar-refractivity contribution is 6.40. The van der Waals surface area contributed by atoms with E-state index in [1.165, 1.54) is 36.4 Å². The first kappa shape index (κ1) is 31.4. The van der Waals surface area contributed by atoms with Crippen LogP contribution in [0.4, 0.5) is 14.5 Å². The maximum absolute atomic E-state index is 13.5. The molecule has 42 heavy (non-hydrogen) atoms. The normalized spacial score (nSPS) is 15.9. The molecule has 0 aromatic heterocycles. The van der Waals surface area contributed by atoms with E-state index in [1.54, 1.807) is 24.3 Å². The highest BCUT2D eigenvalue weighted by Crippen LogP contribution is 2.32. The van der Waals surface area contributed by atoms with Crippen LogP contribution in [0.3, 0.4) is 0 Å². The van der Waals surface area contributed by atoms with E-state index < -0.39 is 11.9 Å². The van der Waals surface area contributed by atoms with Crippen LogP contribution in [0.5, 0.6) is 0 Å². The number of carbonyl (C=O) groups is 2. The zero-order chi connectivity index (χ0) is 30.2. The molecule has 1 fully saturated rings. The molecule has 4 rings (SSSR count). The summed E-state index contributed by atoms with van der Waals surface area (Å²) in [6.07, 6.45) is 2.37. The summed E-state index contributed by atoms with van der Waals surface area (Å²) in [5, 5.41) is 12.1. The van der Waals surface area contributed by atoms with Crippen LogP contribution in [0.1, 0.15) is 41.9 Å². The van der Waals surface area contributed by atoms with Gasteiger partial charge in [0.2, 0.25) is 11.8 Å². The van der Waals surface area contributed by atoms with Crippen LogP contribution in [0, 0.1) is 23.0 Å². The molecule has 1 heterocycles. The Labute approximate surface area is 253 Å². The summed E-state index contributed by atoms with van der Waals surface area (Å²) in [5.74, 6) is -1.46. The Morgan fingerprint density at radius 3 is 2.07 bits per heavy atom. The summed E-state index contributed by atoms with van der Waals surface area (Å²) in [6, 6.07) is 17.0. The van der Waals surface area contributed by atoms with Crippen molar-refractivity contribution in [2.75, 3.05) is 38.0 Å². The molecule has 0 radical (unpaired) electrons. The number of nitrogens with one attached hydrogen (secondary N) is 1. The van der Waals surface area contributed by atoms with Crippen LogP contribution in [0.25, 0.3) is 0 Å². The Kier molecular flexibility index (Phi) is 10.9. The van der Waals surface area contributed by atoms with E-state index in [9.17, 15) is 18.4 Å². The smallest absolute Gasteiger partial charge is 0.238 e. The van der Waals surface area contributed by atoms with Gasteiger partial charge in [0.25, 0.3) is 0 Å². The van der Waals surface area contributed by atoms with Crippen molar-refractivity contribution in [1.82, 2.24) is 9.80 Å². The van der Waals surface area contributed by atoms with Gasteiger partial charge < -0.3 is 11.1 Å². The second kappa shape index (κ2) is 14.6. The Balaban J connectivity index is 1.31. The van der Waals surface area contributed by atoms with E-state index in [1.807, 2.05) is 15.9 Å². The molecule has 1 saturated heterocycles. The van der Waals surface area contributed by atoms with Gasteiger partial charge in [0.1, 0.15) is 17.7 Å². The number of nitrogens with two attached hydrogens (primary N) is 1. The number of primary amides is 1. The predicted octanol–water partition coefficient (Wildman–Crippen LogP) is 5.56. The van der Waals surface area contributed by atoms with Crippen LogP contribution in [-0.4, -0.2) is 60.4 Å². The van der Waals surface area contributed by atoms with Gasteiger partial charge in [0, 0.05) is 25.6 Å². The van der Waals surface area contributed by atoms with Gasteiger partial charge in [-0.1, -0.05) is 53.9 Å². The molecule has 3 aromatic rings. The second-order valence-electron chi connectivity index (χ2n) is 10.3. The standard InChI is InChI=1S/C31H31Cl2F2N5O2/c32-26-15-20(17-36)16-27(33)30(26)38-29(41)19-39-13-14-40(28(18-39)31(37)42)12-2-1-3-25(21-4-8-23(34)9-5-21)22-6-10-24(35)11-7-22/h4-11,15-16,25,28H,1-3,12-14,18-19H2,(H2,37,42)(H,38,41). The van der Waals surface area contributed by atoms with Crippen molar-refractivity contribution in [2.24, 2.45) is 5.73 Å². The first-order chi connectivity index (χ1) is 20.1. The third-order valence-electron chi connectivity index (χ3n) is 7.44. The highest BCUT2D eigenvalue weighted by Gasteiger charge is 2.31. The SMILES string of the molecule is N#Cc1cc(Cl)c(NC(=O)CN2CCN(CCCCC(c3ccc(F)cc3)c3ccc(F)cc3)C(C(N)=O)C2)c(Cl)c1. The molecule has 2 amide bonds. The molecule has 3 N–H and O–H groups in total. The monoisotopic (exact) mass is 613 g/mol. The van der Waals surface area contributed by atoms with Crippen molar-refractivity contribution in [3.8, 4) is 6.07 Å². The molecule has 220 valence electrons. The third kappa shape index (κ3) is 8.26. The average Bonchev–Trinajstić information content (AvgIpc) is 2.96. The number of anilines is 1. The van der Waals surface area contributed by atoms with Crippen LogP contribution < -0.4 is 11.1 Å². The van der Waals surface area contributed by atoms with E-state index in [0.717, 1.165) is 30.4 Å². The highest BCUT2D eigenvalue weighted by atomic mass is 35.5. The van der Waals surface area contributed by atoms with Gasteiger partial charge >= 0.3 is 0 Å². The number of carbonyl (C=O) groups excluding carboxylic acids is 2. The Hall–Kier alpha value is -3.55. The third-order valence-corrected chi connectivity index (χ3v) is 8.04. The summed E-state index contributed by atoms with van der Waals surface area (Å²) in [5.41, 5.74) is 8.16. The number of nitrogens with zero attached hydrogens (tertiary/aromatic N) is 3. The molecule has 0 spiro atoms. The molecular formula is C31H31Cl2F2N5O2. The van der Waals surface area contributed by atoms with Crippen LogP contribution >= 0.6 is 23.2 Å². The van der Waals surface area contributed by atoms with Crippen LogP contribution in [0.2, 0.25) is 10.0 Å². The number of halogens is 4. The Morgan fingerprint density at radius 2 is 1.55 bits per heavy atom. The lowest BCUT2D eigenvalue weighted by molar-refractivity contribution is -0.127. The van der Waals surface area contributed by atoms with Gasteiger partial charge in [-0.05, 0) is 66.9 Å². The number of amides is 2. The second-order valence-corrected chi connectivity index (χ2v) is 11.1. The zero-order valence-corrected chi connectivity index (χ0v) is 24.3. The lowest BCUT2D eigenvalue weighted by atomic mass is 9.87.